The van der Waals surface area contributed by atoms with Crippen molar-refractivity contribution in [1.29, 1.82) is 0 Å². The number of nitrogens with two attached hydrogens (primary N) is 1. The highest BCUT2D eigenvalue weighted by Crippen LogP contribution is 2.14. The van der Waals surface area contributed by atoms with Gasteiger partial charge in [-0.05, 0) is 12.8 Å². The molecule has 9 heavy (non-hydrogen) atoms. The Morgan fingerprint density at radius 1 is 1.11 bits per heavy atom. The van der Waals surface area contributed by atoms with Gasteiger partial charge in [0.15, 0.2) is 0 Å². The Bertz CT molecular complexity index is 55.0. The van der Waals surface area contributed by atoms with Gasteiger partial charge < -0.3 is 10.5 Å². The fraction of sp³-hybridized carbons (Fsp3) is 1.00. The summed E-state index contributed by atoms with van der Waals surface area (Å²) in [5, 5.41) is 0. The fourth-order valence-electron chi connectivity index (χ4n) is 1.13. The fourth-order valence-corrected chi connectivity index (χ4v) is 1.13. The van der Waals surface area contributed by atoms with Gasteiger partial charge in [-0.2, -0.15) is 0 Å². The number of rotatable bonds is 0. The highest BCUT2D eigenvalue weighted by Gasteiger charge is 2.06. The van der Waals surface area contributed by atoms with Gasteiger partial charge in [-0.3, -0.25) is 0 Å². The van der Waals surface area contributed by atoms with Crippen LogP contribution in [0.1, 0.15) is 32.1 Å². The molecule has 0 aromatic rings. The molecule has 0 aromatic carbocycles. The first-order chi connectivity index (χ1) is 4.39. The summed E-state index contributed by atoms with van der Waals surface area (Å²) in [7, 11) is 1.97. The van der Waals surface area contributed by atoms with Crippen LogP contribution in [0.5, 0.6) is 0 Å². The molecular formula is C6H14NOSi. The summed E-state index contributed by atoms with van der Waals surface area (Å²) in [4.78, 5) is 6.81. The predicted octanol–water partition coefficient (Wildman–Crippen LogP) is 0.340. The lowest BCUT2D eigenvalue weighted by molar-refractivity contribution is 0.441. The van der Waals surface area contributed by atoms with Crippen molar-refractivity contribution in [2.24, 2.45) is 5.73 Å². The molecule has 1 fully saturated rings. The topological polar surface area (TPSA) is 46.2 Å². The first-order valence-corrected chi connectivity index (χ1v) is 3.82. The molecule has 3 N–H and O–H groups in total. The smallest absolute Gasteiger partial charge is 0.240 e. The van der Waals surface area contributed by atoms with Crippen LogP contribution in [-0.2, 0) is 0 Å². The quantitative estimate of drug-likeness (QED) is 0.482. The average molecular weight is 144 g/mol. The molecule has 1 rings (SSSR count). The van der Waals surface area contributed by atoms with Crippen LogP contribution >= 0.6 is 0 Å². The van der Waals surface area contributed by atoms with E-state index in [-0.39, 0.29) is 0 Å². The predicted molar refractivity (Wildman–Crippen MR) is 39.0 cm³/mol. The number of hydrogen-bond acceptors (Lipinski definition) is 2. The Hall–Kier alpha value is 0.137. The maximum absolute atomic E-state index is 6.81. The van der Waals surface area contributed by atoms with Gasteiger partial charge in [0.2, 0.25) is 10.5 Å². The zero-order chi connectivity index (χ0) is 7.11. The Morgan fingerprint density at radius 3 is 1.78 bits per heavy atom. The molecule has 3 heteroatoms. The molecule has 2 nitrogen and oxygen atoms in total. The summed E-state index contributed by atoms with van der Waals surface area (Å²) in [6.07, 6.45) is 6.66. The van der Waals surface area contributed by atoms with Crippen LogP contribution in [0.3, 0.4) is 0 Å². The van der Waals surface area contributed by atoms with Crippen molar-refractivity contribution < 1.29 is 4.80 Å². The van der Waals surface area contributed by atoms with E-state index in [0.29, 0.717) is 6.04 Å². The highest BCUT2D eigenvalue weighted by atomic mass is 28.2. The van der Waals surface area contributed by atoms with Crippen molar-refractivity contribution in [3.8, 4) is 0 Å². The van der Waals surface area contributed by atoms with Crippen LogP contribution in [0.25, 0.3) is 0 Å². The molecular weight excluding hydrogens is 130 g/mol. The second-order valence-electron chi connectivity index (χ2n) is 2.40. The summed E-state index contributed by atoms with van der Waals surface area (Å²) < 4.78 is 0. The third-order valence-corrected chi connectivity index (χ3v) is 1.65. The molecule has 1 aliphatic carbocycles. The zero-order valence-corrected chi connectivity index (χ0v) is 6.64. The van der Waals surface area contributed by atoms with Crippen LogP contribution in [0.15, 0.2) is 0 Å². The van der Waals surface area contributed by atoms with Gasteiger partial charge in [-0.25, -0.2) is 0 Å². The van der Waals surface area contributed by atoms with Gasteiger partial charge >= 0.3 is 0 Å². The van der Waals surface area contributed by atoms with Gasteiger partial charge in [0.1, 0.15) is 0 Å². The zero-order valence-electron chi connectivity index (χ0n) is 5.64. The van der Waals surface area contributed by atoms with Gasteiger partial charge in [-0.1, -0.05) is 19.3 Å². The normalized spacial score (nSPS) is 20.3. The highest BCUT2D eigenvalue weighted by molar-refractivity contribution is 5.95. The minimum atomic E-state index is 0.536. The van der Waals surface area contributed by atoms with E-state index in [9.17, 15) is 0 Å². The van der Waals surface area contributed by atoms with Crippen LogP contribution in [0, 0.1) is 0 Å². The molecule has 0 aliphatic heterocycles. The maximum Gasteiger partial charge on any atom is 0.240 e. The van der Waals surface area contributed by atoms with E-state index in [4.69, 9.17) is 10.5 Å². The molecule has 0 aromatic heterocycles. The van der Waals surface area contributed by atoms with Gasteiger partial charge in [0.05, 0.1) is 0 Å². The van der Waals surface area contributed by atoms with Gasteiger partial charge in [0, 0.05) is 6.04 Å². The first-order valence-electron chi connectivity index (χ1n) is 3.37. The summed E-state index contributed by atoms with van der Waals surface area (Å²) >= 11 is 0. The molecule has 53 valence electrons. The Balaban J connectivity index is 0.000000291. The summed E-state index contributed by atoms with van der Waals surface area (Å²) in [6.45, 7) is 0. The minimum Gasteiger partial charge on any atom is -0.433 e. The summed E-state index contributed by atoms with van der Waals surface area (Å²) in [5.74, 6) is 0. The third kappa shape index (κ3) is 4.63. The Kier molecular flexibility index (Phi) is 6.35. The second-order valence-corrected chi connectivity index (χ2v) is 2.40. The maximum atomic E-state index is 6.81. The van der Waals surface area contributed by atoms with E-state index in [1.54, 1.807) is 0 Å². The molecule has 0 heterocycles. The van der Waals surface area contributed by atoms with E-state index in [2.05, 4.69) is 0 Å². The lowest BCUT2D eigenvalue weighted by Crippen LogP contribution is -2.22. The van der Waals surface area contributed by atoms with Crippen molar-refractivity contribution in [2.75, 3.05) is 0 Å². The van der Waals surface area contributed by atoms with E-state index >= 15 is 0 Å². The van der Waals surface area contributed by atoms with Crippen molar-refractivity contribution >= 4 is 10.5 Å². The van der Waals surface area contributed by atoms with Crippen LogP contribution in [0.4, 0.5) is 0 Å². The molecule has 0 unspecified atom stereocenters. The first kappa shape index (κ1) is 9.14. The van der Waals surface area contributed by atoms with Gasteiger partial charge in [0.25, 0.3) is 0 Å². The standard InChI is InChI=1S/C6H13N.HOSi/c7-6-4-2-1-3-5-6;1-2/h6H,1-5,7H2;1H. The van der Waals surface area contributed by atoms with E-state index in [1.165, 1.54) is 32.1 Å². The average Bonchev–Trinajstić information content (AvgIpc) is 1.94. The third-order valence-electron chi connectivity index (χ3n) is 1.65. The molecule has 0 atom stereocenters. The molecule has 1 aliphatic rings. The summed E-state index contributed by atoms with van der Waals surface area (Å²) in [6, 6.07) is 0.536. The molecule has 0 spiro atoms. The Labute approximate surface area is 60.0 Å². The van der Waals surface area contributed by atoms with E-state index in [0.717, 1.165) is 0 Å². The largest absolute Gasteiger partial charge is 0.433 e. The van der Waals surface area contributed by atoms with Gasteiger partial charge in [-0.15, -0.1) is 0 Å². The molecule has 0 bridgehead atoms. The van der Waals surface area contributed by atoms with E-state index in [1.807, 2.05) is 10.5 Å². The molecule has 3 radical (unpaired) electrons. The lowest BCUT2D eigenvalue weighted by Gasteiger charge is -2.15. The monoisotopic (exact) mass is 144 g/mol. The second kappa shape index (κ2) is 6.26. The Morgan fingerprint density at radius 2 is 1.56 bits per heavy atom. The van der Waals surface area contributed by atoms with Crippen molar-refractivity contribution in [3.05, 3.63) is 0 Å². The van der Waals surface area contributed by atoms with E-state index < -0.39 is 0 Å². The summed E-state index contributed by atoms with van der Waals surface area (Å²) in [5.41, 5.74) is 5.63. The lowest BCUT2D eigenvalue weighted by atomic mass is 9.97. The molecule has 0 saturated heterocycles. The molecule has 1 saturated carbocycles. The van der Waals surface area contributed by atoms with Crippen LogP contribution in [0.2, 0.25) is 0 Å². The molecule has 0 amide bonds. The van der Waals surface area contributed by atoms with Crippen molar-refractivity contribution in [1.82, 2.24) is 0 Å². The van der Waals surface area contributed by atoms with Crippen molar-refractivity contribution in [3.63, 3.8) is 0 Å². The van der Waals surface area contributed by atoms with Crippen LogP contribution < -0.4 is 5.73 Å². The number of hydrogen-bond donors (Lipinski definition) is 2. The van der Waals surface area contributed by atoms with Crippen LogP contribution in [-0.4, -0.2) is 21.3 Å². The SMILES string of the molecule is NC1CCCCC1.O[Si]. The van der Waals surface area contributed by atoms with Crippen molar-refractivity contribution in [2.45, 2.75) is 38.1 Å². The minimum absolute atomic E-state index is 0.536.